The smallest absolute Gasteiger partial charge is 0.325 e. The summed E-state index contributed by atoms with van der Waals surface area (Å²) in [6.45, 7) is 9.75. The molecule has 0 saturated heterocycles. The Kier molecular flexibility index (Phi) is 4.68. The fraction of sp³-hybridized carbons (Fsp3) is 0.471. The van der Waals surface area contributed by atoms with Crippen molar-refractivity contribution in [3.05, 3.63) is 36.0 Å². The lowest BCUT2D eigenvalue weighted by molar-refractivity contribution is -0.143. The van der Waals surface area contributed by atoms with Gasteiger partial charge in [-0.2, -0.15) is 0 Å². The van der Waals surface area contributed by atoms with Crippen molar-refractivity contribution in [3.63, 3.8) is 0 Å². The van der Waals surface area contributed by atoms with Crippen molar-refractivity contribution in [1.29, 1.82) is 0 Å². The Morgan fingerprint density at radius 2 is 2.05 bits per heavy atom. The monoisotopic (exact) mass is 288 g/mol. The first-order chi connectivity index (χ1) is 9.89. The van der Waals surface area contributed by atoms with Crippen LogP contribution in [0.15, 0.2) is 30.5 Å². The van der Waals surface area contributed by atoms with Gasteiger partial charge in [-0.05, 0) is 50.8 Å². The molecule has 2 rings (SSSR count). The van der Waals surface area contributed by atoms with E-state index in [9.17, 15) is 4.79 Å². The van der Waals surface area contributed by atoms with Gasteiger partial charge in [-0.25, -0.2) is 0 Å². The van der Waals surface area contributed by atoms with Crippen molar-refractivity contribution in [2.24, 2.45) is 0 Å². The zero-order valence-corrected chi connectivity index (χ0v) is 13.3. The number of nitrogens with one attached hydrogen (secondary N) is 1. The Balaban J connectivity index is 2.18. The first kappa shape index (κ1) is 15.6. The number of carbonyl (C=O) groups is 1. The maximum absolute atomic E-state index is 11.6. The Bertz CT molecular complexity index is 623. The molecular weight excluding hydrogens is 264 g/mol. The van der Waals surface area contributed by atoms with E-state index in [0.29, 0.717) is 6.61 Å². The lowest BCUT2D eigenvalue weighted by Crippen LogP contribution is -2.35. The molecule has 0 aliphatic heterocycles. The van der Waals surface area contributed by atoms with Gasteiger partial charge in [0, 0.05) is 23.8 Å². The van der Waals surface area contributed by atoms with Crippen molar-refractivity contribution < 1.29 is 9.53 Å². The SMILES string of the molecule is CCOC(=O)Cn1ccc2ccc(CNC(C)(C)C)cc21. The van der Waals surface area contributed by atoms with Crippen molar-refractivity contribution in [1.82, 2.24) is 9.88 Å². The molecule has 1 aromatic carbocycles. The summed E-state index contributed by atoms with van der Waals surface area (Å²) in [5.41, 5.74) is 2.36. The van der Waals surface area contributed by atoms with Gasteiger partial charge in [0.2, 0.25) is 0 Å². The van der Waals surface area contributed by atoms with Crippen LogP contribution in [-0.4, -0.2) is 22.7 Å². The Hall–Kier alpha value is -1.81. The minimum Gasteiger partial charge on any atom is -0.465 e. The third-order valence-corrected chi connectivity index (χ3v) is 3.27. The number of hydrogen-bond acceptors (Lipinski definition) is 3. The summed E-state index contributed by atoms with van der Waals surface area (Å²) >= 11 is 0. The summed E-state index contributed by atoms with van der Waals surface area (Å²) in [7, 11) is 0. The van der Waals surface area contributed by atoms with E-state index in [1.807, 2.05) is 23.8 Å². The number of rotatable bonds is 5. The fourth-order valence-corrected chi connectivity index (χ4v) is 2.19. The summed E-state index contributed by atoms with van der Waals surface area (Å²) in [5, 5.41) is 4.61. The summed E-state index contributed by atoms with van der Waals surface area (Å²) in [4.78, 5) is 11.6. The summed E-state index contributed by atoms with van der Waals surface area (Å²) < 4.78 is 6.95. The molecule has 1 aromatic heterocycles. The molecule has 0 atom stereocenters. The summed E-state index contributed by atoms with van der Waals surface area (Å²) in [6, 6.07) is 8.37. The molecule has 21 heavy (non-hydrogen) atoms. The minimum atomic E-state index is -0.201. The molecule has 0 radical (unpaired) electrons. The van der Waals surface area contributed by atoms with E-state index < -0.39 is 0 Å². The van der Waals surface area contributed by atoms with Gasteiger partial charge in [-0.3, -0.25) is 4.79 Å². The third kappa shape index (κ3) is 4.33. The molecule has 0 bridgehead atoms. The predicted molar refractivity (Wildman–Crippen MR) is 85.2 cm³/mol. The third-order valence-electron chi connectivity index (χ3n) is 3.27. The molecule has 0 aliphatic rings. The second kappa shape index (κ2) is 6.31. The number of benzene rings is 1. The molecular formula is C17H24N2O2. The lowest BCUT2D eigenvalue weighted by Gasteiger charge is -2.20. The van der Waals surface area contributed by atoms with Gasteiger partial charge in [0.1, 0.15) is 6.54 Å². The van der Waals surface area contributed by atoms with Crippen molar-refractivity contribution >= 4 is 16.9 Å². The van der Waals surface area contributed by atoms with Gasteiger partial charge in [0.05, 0.1) is 6.61 Å². The molecule has 0 amide bonds. The quantitative estimate of drug-likeness (QED) is 0.860. The fourth-order valence-electron chi connectivity index (χ4n) is 2.19. The van der Waals surface area contributed by atoms with Crippen molar-refractivity contribution in [2.45, 2.75) is 46.3 Å². The molecule has 4 heteroatoms. The zero-order valence-electron chi connectivity index (χ0n) is 13.3. The van der Waals surface area contributed by atoms with Gasteiger partial charge in [0.15, 0.2) is 0 Å². The number of fused-ring (bicyclic) bond motifs is 1. The Labute approximate surface area is 126 Å². The van der Waals surface area contributed by atoms with E-state index in [1.165, 1.54) is 5.56 Å². The van der Waals surface area contributed by atoms with E-state index in [0.717, 1.165) is 17.4 Å². The van der Waals surface area contributed by atoms with Crippen LogP contribution in [0.25, 0.3) is 10.9 Å². The lowest BCUT2D eigenvalue weighted by atomic mass is 10.1. The summed E-state index contributed by atoms with van der Waals surface area (Å²) in [6.07, 6.45) is 1.93. The van der Waals surface area contributed by atoms with Crippen LogP contribution in [0.2, 0.25) is 0 Å². The number of nitrogens with zero attached hydrogens (tertiary/aromatic N) is 1. The molecule has 2 aromatic rings. The van der Waals surface area contributed by atoms with Crippen LogP contribution in [0.1, 0.15) is 33.3 Å². The summed E-state index contributed by atoms with van der Waals surface area (Å²) in [5.74, 6) is -0.201. The standard InChI is InChI=1S/C17H24N2O2/c1-5-21-16(20)12-19-9-8-14-7-6-13(10-15(14)19)11-18-17(2,3)4/h6-10,18H,5,11-12H2,1-4H3. The van der Waals surface area contributed by atoms with Crippen LogP contribution in [0, 0.1) is 0 Å². The second-order valence-electron chi connectivity index (χ2n) is 6.25. The average molecular weight is 288 g/mol. The van der Waals surface area contributed by atoms with Crippen LogP contribution < -0.4 is 5.32 Å². The normalized spacial score (nSPS) is 11.8. The number of ether oxygens (including phenoxy) is 1. The molecule has 4 nitrogen and oxygen atoms in total. The van der Waals surface area contributed by atoms with E-state index in [-0.39, 0.29) is 18.1 Å². The highest BCUT2D eigenvalue weighted by Crippen LogP contribution is 2.18. The van der Waals surface area contributed by atoms with Crippen LogP contribution >= 0.6 is 0 Å². The molecule has 0 saturated carbocycles. The average Bonchev–Trinajstić information content (AvgIpc) is 2.78. The van der Waals surface area contributed by atoms with Crippen LogP contribution in [0.5, 0.6) is 0 Å². The number of carbonyl (C=O) groups excluding carboxylic acids is 1. The second-order valence-corrected chi connectivity index (χ2v) is 6.25. The Morgan fingerprint density at radius 1 is 1.29 bits per heavy atom. The van der Waals surface area contributed by atoms with Crippen molar-refractivity contribution in [2.75, 3.05) is 6.61 Å². The maximum Gasteiger partial charge on any atom is 0.325 e. The number of esters is 1. The Morgan fingerprint density at radius 3 is 2.71 bits per heavy atom. The molecule has 1 N–H and O–H groups in total. The molecule has 114 valence electrons. The zero-order chi connectivity index (χ0) is 15.5. The largest absolute Gasteiger partial charge is 0.465 e. The van der Waals surface area contributed by atoms with Gasteiger partial charge >= 0.3 is 5.97 Å². The van der Waals surface area contributed by atoms with Crippen LogP contribution in [-0.2, 0) is 22.6 Å². The molecule has 1 heterocycles. The molecule has 0 spiro atoms. The highest BCUT2D eigenvalue weighted by Gasteiger charge is 2.10. The van der Waals surface area contributed by atoms with E-state index >= 15 is 0 Å². The number of aromatic nitrogens is 1. The van der Waals surface area contributed by atoms with Gasteiger partial charge in [-0.15, -0.1) is 0 Å². The van der Waals surface area contributed by atoms with E-state index in [4.69, 9.17) is 4.74 Å². The van der Waals surface area contributed by atoms with Crippen LogP contribution in [0.3, 0.4) is 0 Å². The number of hydrogen-bond donors (Lipinski definition) is 1. The first-order valence-electron chi connectivity index (χ1n) is 7.37. The highest BCUT2D eigenvalue weighted by atomic mass is 16.5. The molecule has 0 aliphatic carbocycles. The van der Waals surface area contributed by atoms with Crippen molar-refractivity contribution in [3.8, 4) is 0 Å². The first-order valence-corrected chi connectivity index (χ1v) is 7.37. The van der Waals surface area contributed by atoms with Gasteiger partial charge in [0.25, 0.3) is 0 Å². The minimum absolute atomic E-state index is 0.0852. The molecule has 0 fully saturated rings. The molecule has 0 unspecified atom stereocenters. The topological polar surface area (TPSA) is 43.3 Å². The predicted octanol–water partition coefficient (Wildman–Crippen LogP) is 3.09. The van der Waals surface area contributed by atoms with Crippen LogP contribution in [0.4, 0.5) is 0 Å². The van der Waals surface area contributed by atoms with Gasteiger partial charge < -0.3 is 14.6 Å². The highest BCUT2D eigenvalue weighted by molar-refractivity contribution is 5.82. The maximum atomic E-state index is 11.6. The van der Waals surface area contributed by atoms with Gasteiger partial charge in [-0.1, -0.05) is 12.1 Å². The van der Waals surface area contributed by atoms with E-state index in [1.54, 1.807) is 0 Å². The van der Waals surface area contributed by atoms with E-state index in [2.05, 4.69) is 44.3 Å².